The van der Waals surface area contributed by atoms with Crippen molar-refractivity contribution in [3.63, 3.8) is 0 Å². The number of aryl methyl sites for hydroxylation is 2. The molecule has 1 N–H and O–H groups in total. The number of para-hydroxylation sites is 1. The van der Waals surface area contributed by atoms with Gasteiger partial charge in [0.2, 0.25) is 11.8 Å². The average molecular weight is 600 g/mol. The lowest BCUT2D eigenvalue weighted by atomic mass is 10.1. The fraction of sp³-hybridized carbons (Fsp3) is 0.235. The summed E-state index contributed by atoms with van der Waals surface area (Å²) in [6, 6.07) is 29.1. The van der Waals surface area contributed by atoms with E-state index < -0.39 is 28.5 Å². The van der Waals surface area contributed by atoms with Gasteiger partial charge in [-0.05, 0) is 81.8 Å². The SMILES string of the molecule is CCNC(=O)C(C)N(Cc1cccc(C)c1)C(=O)CN(c1ccc(Oc2ccccc2)cc1)S(=O)(=O)c1ccc(C)cc1. The maximum atomic E-state index is 14.0. The van der Waals surface area contributed by atoms with Crippen molar-refractivity contribution in [1.82, 2.24) is 10.2 Å². The number of nitrogens with one attached hydrogen (secondary N) is 1. The first-order chi connectivity index (χ1) is 20.6. The van der Waals surface area contributed by atoms with Gasteiger partial charge in [-0.25, -0.2) is 8.42 Å². The summed E-state index contributed by atoms with van der Waals surface area (Å²) >= 11 is 0. The molecule has 1 unspecified atom stereocenters. The molecule has 0 heterocycles. The molecule has 0 aliphatic rings. The van der Waals surface area contributed by atoms with Gasteiger partial charge in [-0.1, -0.05) is 65.7 Å². The molecular formula is C34H37N3O5S. The number of amides is 2. The van der Waals surface area contributed by atoms with E-state index in [4.69, 9.17) is 4.74 Å². The van der Waals surface area contributed by atoms with Crippen LogP contribution in [0.4, 0.5) is 5.69 Å². The molecule has 9 heteroatoms. The second-order valence-electron chi connectivity index (χ2n) is 10.3. The molecule has 1 atom stereocenters. The quantitative estimate of drug-likeness (QED) is 0.221. The standard InChI is InChI=1S/C34H37N3O5S/c1-5-35-34(39)27(4)36(23-28-11-9-10-26(3)22-28)33(38)24-37(43(40,41)32-20-14-25(2)15-21-32)29-16-18-31(19-17-29)42-30-12-7-6-8-13-30/h6-22,27H,5,23-24H2,1-4H3,(H,35,39). The molecule has 224 valence electrons. The van der Waals surface area contributed by atoms with Gasteiger partial charge in [-0.15, -0.1) is 0 Å². The van der Waals surface area contributed by atoms with E-state index in [2.05, 4.69) is 5.32 Å². The first kappa shape index (κ1) is 31.3. The highest BCUT2D eigenvalue weighted by molar-refractivity contribution is 7.92. The highest BCUT2D eigenvalue weighted by Gasteiger charge is 2.32. The fourth-order valence-corrected chi connectivity index (χ4v) is 6.00. The predicted molar refractivity (Wildman–Crippen MR) is 169 cm³/mol. The van der Waals surface area contributed by atoms with E-state index in [1.807, 2.05) is 68.4 Å². The van der Waals surface area contributed by atoms with Crippen LogP contribution < -0.4 is 14.4 Å². The van der Waals surface area contributed by atoms with Crippen LogP contribution in [0.1, 0.15) is 30.5 Å². The van der Waals surface area contributed by atoms with E-state index in [9.17, 15) is 18.0 Å². The molecule has 0 saturated carbocycles. The number of sulfonamides is 1. The largest absolute Gasteiger partial charge is 0.457 e. The maximum absolute atomic E-state index is 14.0. The Bertz CT molecular complexity index is 1640. The number of hydrogen-bond donors (Lipinski definition) is 1. The van der Waals surface area contributed by atoms with Crippen LogP contribution in [0.5, 0.6) is 11.5 Å². The first-order valence-corrected chi connectivity index (χ1v) is 15.6. The Morgan fingerprint density at radius 3 is 2.09 bits per heavy atom. The summed E-state index contributed by atoms with van der Waals surface area (Å²) in [5.41, 5.74) is 3.04. The van der Waals surface area contributed by atoms with Crippen LogP contribution >= 0.6 is 0 Å². The van der Waals surface area contributed by atoms with Gasteiger partial charge in [0.15, 0.2) is 0 Å². The summed E-state index contributed by atoms with van der Waals surface area (Å²) in [6.45, 7) is 7.30. The molecule has 4 aromatic carbocycles. The zero-order chi connectivity index (χ0) is 31.0. The first-order valence-electron chi connectivity index (χ1n) is 14.1. The van der Waals surface area contributed by atoms with Crippen molar-refractivity contribution in [2.75, 3.05) is 17.4 Å². The van der Waals surface area contributed by atoms with Gasteiger partial charge in [-0.2, -0.15) is 0 Å². The summed E-state index contributed by atoms with van der Waals surface area (Å²) in [7, 11) is -4.16. The number of hydrogen-bond acceptors (Lipinski definition) is 5. The molecule has 2 amide bonds. The fourth-order valence-electron chi connectivity index (χ4n) is 4.58. The van der Waals surface area contributed by atoms with Gasteiger partial charge < -0.3 is 15.0 Å². The Balaban J connectivity index is 1.70. The summed E-state index contributed by atoms with van der Waals surface area (Å²) in [5, 5.41) is 2.77. The van der Waals surface area contributed by atoms with Crippen molar-refractivity contribution in [3.05, 3.63) is 120 Å². The zero-order valence-electron chi connectivity index (χ0n) is 24.9. The van der Waals surface area contributed by atoms with Crippen LogP contribution in [0, 0.1) is 13.8 Å². The van der Waals surface area contributed by atoms with Gasteiger partial charge in [0.25, 0.3) is 10.0 Å². The van der Waals surface area contributed by atoms with Gasteiger partial charge in [0.1, 0.15) is 24.1 Å². The Morgan fingerprint density at radius 1 is 0.814 bits per heavy atom. The van der Waals surface area contributed by atoms with Gasteiger partial charge in [0, 0.05) is 13.1 Å². The Hall–Kier alpha value is -4.63. The monoisotopic (exact) mass is 599 g/mol. The van der Waals surface area contributed by atoms with E-state index in [1.165, 1.54) is 17.0 Å². The van der Waals surface area contributed by atoms with E-state index in [1.54, 1.807) is 50.2 Å². The molecule has 4 aromatic rings. The number of anilines is 1. The Morgan fingerprint density at radius 2 is 1.47 bits per heavy atom. The molecule has 0 spiro atoms. The molecule has 0 saturated heterocycles. The molecule has 4 rings (SSSR count). The molecule has 8 nitrogen and oxygen atoms in total. The topological polar surface area (TPSA) is 96.0 Å². The number of benzene rings is 4. The Kier molecular flexibility index (Phi) is 10.2. The van der Waals surface area contributed by atoms with Crippen LogP contribution in [-0.2, 0) is 26.2 Å². The Labute approximate surface area is 254 Å². The van der Waals surface area contributed by atoms with Crippen LogP contribution in [0.25, 0.3) is 0 Å². The summed E-state index contributed by atoms with van der Waals surface area (Å²) in [4.78, 5) is 28.4. The van der Waals surface area contributed by atoms with Crippen molar-refractivity contribution in [2.45, 2.75) is 45.2 Å². The lowest BCUT2D eigenvalue weighted by molar-refractivity contribution is -0.139. The van der Waals surface area contributed by atoms with Crippen LogP contribution in [-0.4, -0.2) is 44.3 Å². The van der Waals surface area contributed by atoms with Crippen molar-refractivity contribution >= 4 is 27.5 Å². The minimum absolute atomic E-state index is 0.0533. The number of carbonyl (C=O) groups is 2. The maximum Gasteiger partial charge on any atom is 0.264 e. The lowest BCUT2D eigenvalue weighted by Gasteiger charge is -2.32. The van der Waals surface area contributed by atoms with E-state index in [-0.39, 0.29) is 23.0 Å². The number of ether oxygens (including phenoxy) is 1. The minimum atomic E-state index is -4.16. The highest BCUT2D eigenvalue weighted by atomic mass is 32.2. The van der Waals surface area contributed by atoms with Crippen molar-refractivity contribution < 1.29 is 22.7 Å². The van der Waals surface area contributed by atoms with E-state index in [0.717, 1.165) is 21.0 Å². The molecule has 0 aliphatic heterocycles. The molecule has 0 fully saturated rings. The third-order valence-electron chi connectivity index (χ3n) is 6.95. The predicted octanol–water partition coefficient (Wildman–Crippen LogP) is 5.84. The number of carbonyl (C=O) groups excluding carboxylic acids is 2. The van der Waals surface area contributed by atoms with Gasteiger partial charge in [-0.3, -0.25) is 13.9 Å². The third-order valence-corrected chi connectivity index (χ3v) is 8.73. The summed E-state index contributed by atoms with van der Waals surface area (Å²) in [6.07, 6.45) is 0. The van der Waals surface area contributed by atoms with Crippen LogP contribution in [0.15, 0.2) is 108 Å². The van der Waals surface area contributed by atoms with E-state index >= 15 is 0 Å². The lowest BCUT2D eigenvalue weighted by Crippen LogP contribution is -2.51. The van der Waals surface area contributed by atoms with Gasteiger partial charge >= 0.3 is 0 Å². The molecular weight excluding hydrogens is 562 g/mol. The molecule has 0 radical (unpaired) electrons. The molecule has 0 bridgehead atoms. The van der Waals surface area contributed by atoms with Crippen molar-refractivity contribution in [2.24, 2.45) is 0 Å². The zero-order valence-corrected chi connectivity index (χ0v) is 25.7. The van der Waals surface area contributed by atoms with Crippen LogP contribution in [0.2, 0.25) is 0 Å². The van der Waals surface area contributed by atoms with E-state index in [0.29, 0.717) is 18.0 Å². The second kappa shape index (κ2) is 14.0. The van der Waals surface area contributed by atoms with Crippen LogP contribution in [0.3, 0.4) is 0 Å². The second-order valence-corrected chi connectivity index (χ2v) is 12.2. The number of nitrogens with zero attached hydrogens (tertiary/aromatic N) is 2. The third kappa shape index (κ3) is 8.02. The summed E-state index contributed by atoms with van der Waals surface area (Å²) < 4.78 is 35.0. The highest BCUT2D eigenvalue weighted by Crippen LogP contribution is 2.29. The van der Waals surface area contributed by atoms with Crippen molar-refractivity contribution in [3.8, 4) is 11.5 Å². The molecule has 43 heavy (non-hydrogen) atoms. The van der Waals surface area contributed by atoms with Crippen molar-refractivity contribution in [1.29, 1.82) is 0 Å². The summed E-state index contributed by atoms with van der Waals surface area (Å²) in [5.74, 6) is 0.319. The number of rotatable bonds is 12. The molecule has 0 aromatic heterocycles. The van der Waals surface area contributed by atoms with Gasteiger partial charge in [0.05, 0.1) is 10.6 Å². The average Bonchev–Trinajstić information content (AvgIpc) is 2.99. The smallest absolute Gasteiger partial charge is 0.264 e. The number of likely N-dealkylation sites (N-methyl/N-ethyl adjacent to an activating group) is 1. The normalized spacial score (nSPS) is 11.8. The molecule has 0 aliphatic carbocycles. The minimum Gasteiger partial charge on any atom is -0.457 e.